The van der Waals surface area contributed by atoms with Crippen LogP contribution >= 0.6 is 23.1 Å². The lowest BCUT2D eigenvalue weighted by Crippen LogP contribution is -2.38. The highest BCUT2D eigenvalue weighted by Crippen LogP contribution is 2.32. The van der Waals surface area contributed by atoms with Crippen LogP contribution in [0.4, 0.5) is 5.13 Å². The minimum Gasteiger partial charge on any atom is -0.444 e. The molecule has 0 bridgehead atoms. The Balaban J connectivity index is 1.47. The summed E-state index contributed by atoms with van der Waals surface area (Å²) < 4.78 is 6.81. The van der Waals surface area contributed by atoms with E-state index in [9.17, 15) is 9.59 Å². The van der Waals surface area contributed by atoms with Crippen molar-refractivity contribution in [3.05, 3.63) is 24.0 Å². The zero-order chi connectivity index (χ0) is 20.1. The Labute approximate surface area is 173 Å². The normalized spacial score (nSPS) is 16.2. The number of oxazole rings is 1. The molecule has 3 rings (SSSR count). The first-order valence-corrected chi connectivity index (χ1v) is 11.2. The summed E-state index contributed by atoms with van der Waals surface area (Å²) in [5, 5.41) is 3.55. The predicted octanol–water partition coefficient (Wildman–Crippen LogP) is 3.57. The van der Waals surface area contributed by atoms with E-state index in [1.165, 1.54) is 11.3 Å². The zero-order valence-corrected chi connectivity index (χ0v) is 18.1. The third kappa shape index (κ3) is 5.65. The Morgan fingerprint density at radius 2 is 2.11 bits per heavy atom. The van der Waals surface area contributed by atoms with Gasteiger partial charge >= 0.3 is 0 Å². The highest BCUT2D eigenvalue weighted by Gasteiger charge is 2.25. The number of aromatic nitrogens is 2. The number of hydrogen-bond donors (Lipinski definition) is 1. The Morgan fingerprint density at radius 3 is 2.75 bits per heavy atom. The topological polar surface area (TPSA) is 88.3 Å². The minimum absolute atomic E-state index is 0.0131. The van der Waals surface area contributed by atoms with Crippen LogP contribution in [0, 0.1) is 5.92 Å². The van der Waals surface area contributed by atoms with Gasteiger partial charge in [-0.25, -0.2) is 9.97 Å². The van der Waals surface area contributed by atoms with Crippen molar-refractivity contribution in [1.82, 2.24) is 14.9 Å². The first kappa shape index (κ1) is 21.0. The number of anilines is 1. The molecule has 3 heterocycles. The van der Waals surface area contributed by atoms with Crippen LogP contribution in [0.2, 0.25) is 0 Å². The van der Waals surface area contributed by atoms with Crippen molar-refractivity contribution >= 4 is 40.4 Å². The molecular formula is C19H26N4O3S2. The van der Waals surface area contributed by atoms with Crippen molar-refractivity contribution in [3.8, 4) is 0 Å². The summed E-state index contributed by atoms with van der Waals surface area (Å²) in [6.07, 6.45) is 6.01. The van der Waals surface area contributed by atoms with Crippen molar-refractivity contribution in [2.45, 2.75) is 49.0 Å². The van der Waals surface area contributed by atoms with Crippen molar-refractivity contribution in [2.75, 3.05) is 25.0 Å². The second-order valence-electron chi connectivity index (χ2n) is 7.87. The summed E-state index contributed by atoms with van der Waals surface area (Å²) in [5.41, 5.74) is -0.0543. The maximum atomic E-state index is 12.5. The van der Waals surface area contributed by atoms with Crippen molar-refractivity contribution in [3.63, 3.8) is 0 Å². The molecule has 1 saturated heterocycles. The lowest BCUT2D eigenvalue weighted by Gasteiger charge is -2.29. The van der Waals surface area contributed by atoms with E-state index >= 15 is 0 Å². The molecule has 1 fully saturated rings. The molecule has 2 aromatic rings. The molecule has 1 N–H and O–H groups in total. The first-order chi connectivity index (χ1) is 13.3. The predicted molar refractivity (Wildman–Crippen MR) is 111 cm³/mol. The van der Waals surface area contributed by atoms with Crippen LogP contribution in [0.25, 0.3) is 0 Å². The van der Waals surface area contributed by atoms with E-state index in [0.717, 1.165) is 42.2 Å². The largest absolute Gasteiger partial charge is 0.444 e. The molecule has 0 aromatic carbocycles. The van der Waals surface area contributed by atoms with Crippen LogP contribution < -0.4 is 5.32 Å². The molecule has 2 aromatic heterocycles. The van der Waals surface area contributed by atoms with Crippen LogP contribution in [-0.4, -0.2) is 46.7 Å². The molecule has 0 unspecified atom stereocenters. The lowest BCUT2D eigenvalue weighted by molar-refractivity contribution is -0.121. The number of thiazole rings is 1. The second-order valence-corrected chi connectivity index (χ2v) is 10.2. The number of aldehydes is 1. The Kier molecular flexibility index (Phi) is 6.90. The van der Waals surface area contributed by atoms with Crippen LogP contribution in [0.5, 0.6) is 0 Å². The molecule has 0 spiro atoms. The van der Waals surface area contributed by atoms with E-state index in [1.54, 1.807) is 24.2 Å². The van der Waals surface area contributed by atoms with Gasteiger partial charge in [0.2, 0.25) is 11.8 Å². The van der Waals surface area contributed by atoms with Gasteiger partial charge in [-0.2, -0.15) is 0 Å². The van der Waals surface area contributed by atoms with Gasteiger partial charge < -0.3 is 14.5 Å². The monoisotopic (exact) mass is 422 g/mol. The standard InChI is InChI=1S/C19H26N4O3S2/c1-19(2,3)14-10-20-15(26-14)12-27-16-11-21-18(28-16)22-17(25)13-4-6-23(7-5-13)8-9-24/h9-11,13H,4-8,12H2,1-3H3,(H,21,22,25). The fourth-order valence-corrected chi connectivity index (χ4v) is 4.66. The van der Waals surface area contributed by atoms with E-state index in [-0.39, 0.29) is 17.2 Å². The summed E-state index contributed by atoms with van der Waals surface area (Å²) >= 11 is 3.05. The average Bonchev–Trinajstić information content (AvgIpc) is 3.30. The minimum atomic E-state index is -0.0543. The molecule has 152 valence electrons. The number of carbonyl (C=O) groups excluding carboxylic acids is 2. The molecule has 0 atom stereocenters. The summed E-state index contributed by atoms with van der Waals surface area (Å²) in [6, 6.07) is 0. The van der Waals surface area contributed by atoms with Gasteiger partial charge in [0.15, 0.2) is 5.13 Å². The van der Waals surface area contributed by atoms with Crippen LogP contribution in [0.15, 0.2) is 21.0 Å². The van der Waals surface area contributed by atoms with Crippen LogP contribution in [0.1, 0.15) is 45.3 Å². The lowest BCUT2D eigenvalue weighted by atomic mass is 9.94. The third-order valence-corrected chi connectivity index (χ3v) is 6.73. The molecule has 0 radical (unpaired) electrons. The Bertz CT molecular complexity index is 804. The van der Waals surface area contributed by atoms with E-state index < -0.39 is 0 Å². The average molecular weight is 423 g/mol. The highest BCUT2D eigenvalue weighted by atomic mass is 32.2. The molecule has 9 heteroatoms. The Hall–Kier alpha value is -1.71. The number of piperidine rings is 1. The van der Waals surface area contributed by atoms with E-state index in [1.807, 2.05) is 0 Å². The quantitative estimate of drug-likeness (QED) is 0.539. The molecule has 0 aliphatic carbocycles. The van der Waals surface area contributed by atoms with Gasteiger partial charge in [0.1, 0.15) is 12.0 Å². The first-order valence-electron chi connectivity index (χ1n) is 9.36. The summed E-state index contributed by atoms with van der Waals surface area (Å²) in [7, 11) is 0. The van der Waals surface area contributed by atoms with Gasteiger partial charge in [0, 0.05) is 11.3 Å². The molecule has 0 saturated carbocycles. The van der Waals surface area contributed by atoms with Gasteiger partial charge in [-0.3, -0.25) is 9.69 Å². The third-order valence-electron chi connectivity index (χ3n) is 4.64. The molecule has 7 nitrogen and oxygen atoms in total. The molecule has 1 aliphatic heterocycles. The van der Waals surface area contributed by atoms with E-state index in [0.29, 0.717) is 23.3 Å². The second kappa shape index (κ2) is 9.19. The summed E-state index contributed by atoms with van der Waals surface area (Å²) in [4.78, 5) is 33.8. The highest BCUT2D eigenvalue weighted by molar-refractivity contribution is 8.00. The molecule has 1 amide bonds. The van der Waals surface area contributed by atoms with Gasteiger partial charge in [-0.05, 0) is 25.9 Å². The van der Waals surface area contributed by atoms with Crippen LogP contribution in [0.3, 0.4) is 0 Å². The number of rotatable bonds is 7. The number of carbonyl (C=O) groups is 2. The number of nitrogens with zero attached hydrogens (tertiary/aromatic N) is 3. The number of nitrogens with one attached hydrogen (secondary N) is 1. The smallest absolute Gasteiger partial charge is 0.229 e. The zero-order valence-electron chi connectivity index (χ0n) is 16.4. The summed E-state index contributed by atoms with van der Waals surface area (Å²) in [5.74, 6) is 2.18. The van der Waals surface area contributed by atoms with Gasteiger partial charge in [0.05, 0.1) is 28.9 Å². The molecule has 28 heavy (non-hydrogen) atoms. The van der Waals surface area contributed by atoms with Crippen molar-refractivity contribution in [2.24, 2.45) is 5.92 Å². The van der Waals surface area contributed by atoms with E-state index in [4.69, 9.17) is 4.42 Å². The number of thioether (sulfide) groups is 1. The van der Waals surface area contributed by atoms with Gasteiger partial charge in [-0.15, -0.1) is 11.8 Å². The SMILES string of the molecule is CC(C)(C)c1cnc(CSc2cnc(NC(=O)C3CCN(CC=O)CC3)s2)o1. The van der Waals surface area contributed by atoms with E-state index in [2.05, 4.69) is 41.0 Å². The van der Waals surface area contributed by atoms with Gasteiger partial charge in [0.25, 0.3) is 0 Å². The molecular weight excluding hydrogens is 396 g/mol. The molecule has 1 aliphatic rings. The Morgan fingerprint density at radius 1 is 1.36 bits per heavy atom. The number of hydrogen-bond acceptors (Lipinski definition) is 8. The number of likely N-dealkylation sites (tertiary alicyclic amines) is 1. The fourth-order valence-electron chi connectivity index (χ4n) is 2.93. The maximum absolute atomic E-state index is 12.5. The van der Waals surface area contributed by atoms with Crippen molar-refractivity contribution < 1.29 is 14.0 Å². The fraction of sp³-hybridized carbons (Fsp3) is 0.579. The summed E-state index contributed by atoms with van der Waals surface area (Å²) in [6.45, 7) is 8.28. The number of amides is 1. The maximum Gasteiger partial charge on any atom is 0.229 e. The van der Waals surface area contributed by atoms with Crippen LogP contribution in [-0.2, 0) is 20.8 Å². The van der Waals surface area contributed by atoms with Gasteiger partial charge in [-0.1, -0.05) is 32.1 Å². The van der Waals surface area contributed by atoms with Crippen molar-refractivity contribution in [1.29, 1.82) is 0 Å².